The summed E-state index contributed by atoms with van der Waals surface area (Å²) in [7, 11) is -3.34. The van der Waals surface area contributed by atoms with E-state index in [1.807, 2.05) is 24.3 Å². The van der Waals surface area contributed by atoms with Crippen LogP contribution in [0.5, 0.6) is 0 Å². The molecule has 0 N–H and O–H groups in total. The van der Waals surface area contributed by atoms with E-state index < -0.39 is 10.0 Å². The summed E-state index contributed by atoms with van der Waals surface area (Å²) in [5.74, 6) is 0. The molecule has 3 rings (SSSR count). The highest BCUT2D eigenvalue weighted by atomic mass is 35.5. The maximum Gasteiger partial charge on any atom is 0.252 e. The predicted molar refractivity (Wildman–Crippen MR) is 94.5 cm³/mol. The van der Waals surface area contributed by atoms with Gasteiger partial charge in [0.25, 0.3) is 10.0 Å². The van der Waals surface area contributed by atoms with Gasteiger partial charge in [0.15, 0.2) is 0 Å². The molecule has 0 amide bonds. The number of halogens is 1. The van der Waals surface area contributed by atoms with Crippen molar-refractivity contribution in [2.24, 2.45) is 0 Å². The van der Waals surface area contributed by atoms with Crippen LogP contribution in [0.4, 0.5) is 0 Å². The van der Waals surface area contributed by atoms with Crippen LogP contribution in [-0.4, -0.2) is 43.8 Å². The molecule has 1 aromatic carbocycles. The van der Waals surface area contributed by atoms with Crippen molar-refractivity contribution in [1.29, 1.82) is 0 Å². The summed E-state index contributed by atoms with van der Waals surface area (Å²) in [6.45, 7) is 4.54. The quantitative estimate of drug-likeness (QED) is 0.827. The zero-order valence-electron chi connectivity index (χ0n) is 12.9. The number of benzene rings is 1. The number of sulfonamides is 1. The Balaban J connectivity index is 1.68. The van der Waals surface area contributed by atoms with Gasteiger partial charge in [0.05, 0.1) is 0 Å². The lowest BCUT2D eigenvalue weighted by Gasteiger charge is -2.37. The van der Waals surface area contributed by atoms with Gasteiger partial charge in [0.1, 0.15) is 4.21 Å². The number of hydrogen-bond donors (Lipinski definition) is 0. The Labute approximate surface area is 146 Å². The molecular formula is C16H19ClN2O2S2. The zero-order chi connectivity index (χ0) is 16.4. The van der Waals surface area contributed by atoms with Crippen LogP contribution in [0, 0.1) is 0 Å². The van der Waals surface area contributed by atoms with Crippen LogP contribution in [0.15, 0.2) is 46.0 Å². The molecule has 1 saturated heterocycles. The first-order valence-electron chi connectivity index (χ1n) is 7.52. The van der Waals surface area contributed by atoms with Crippen molar-refractivity contribution >= 4 is 33.0 Å². The summed E-state index contributed by atoms with van der Waals surface area (Å²) >= 11 is 7.54. The zero-order valence-corrected chi connectivity index (χ0v) is 15.2. The van der Waals surface area contributed by atoms with Crippen LogP contribution in [0.2, 0.25) is 5.02 Å². The Morgan fingerprint density at radius 1 is 1.09 bits per heavy atom. The van der Waals surface area contributed by atoms with Gasteiger partial charge < -0.3 is 0 Å². The molecule has 0 saturated carbocycles. The van der Waals surface area contributed by atoms with Crippen molar-refractivity contribution in [3.8, 4) is 0 Å². The molecule has 1 aliphatic rings. The number of nitrogens with zero attached hydrogens (tertiary/aromatic N) is 2. The maximum atomic E-state index is 12.5. The molecule has 1 atom stereocenters. The highest BCUT2D eigenvalue weighted by Crippen LogP contribution is 2.29. The fourth-order valence-electron chi connectivity index (χ4n) is 2.88. The average Bonchev–Trinajstić information content (AvgIpc) is 3.10. The van der Waals surface area contributed by atoms with E-state index in [0.717, 1.165) is 10.6 Å². The fourth-order valence-corrected chi connectivity index (χ4v) is 5.74. The number of thiophene rings is 1. The summed E-state index contributed by atoms with van der Waals surface area (Å²) in [5.41, 5.74) is 1.09. The lowest BCUT2D eigenvalue weighted by molar-refractivity contribution is 0.146. The van der Waals surface area contributed by atoms with Crippen molar-refractivity contribution < 1.29 is 8.42 Å². The second kappa shape index (κ2) is 6.91. The SMILES string of the molecule is C[C@@H](c1ccccc1Cl)N1CCN(S(=O)(=O)c2cccs2)CC1. The van der Waals surface area contributed by atoms with Crippen LogP contribution >= 0.6 is 22.9 Å². The molecule has 2 aromatic rings. The first-order chi connectivity index (χ1) is 11.0. The van der Waals surface area contributed by atoms with E-state index in [1.54, 1.807) is 21.8 Å². The van der Waals surface area contributed by atoms with Gasteiger partial charge in [-0.05, 0) is 30.0 Å². The second-order valence-corrected chi connectivity index (χ2v) is 9.09. The smallest absolute Gasteiger partial charge is 0.252 e. The summed E-state index contributed by atoms with van der Waals surface area (Å²) in [4.78, 5) is 2.28. The van der Waals surface area contributed by atoms with E-state index in [1.165, 1.54) is 11.3 Å². The number of hydrogen-bond acceptors (Lipinski definition) is 4. The molecule has 0 spiro atoms. The van der Waals surface area contributed by atoms with Crippen LogP contribution in [-0.2, 0) is 10.0 Å². The Kier molecular flexibility index (Phi) is 5.08. The molecule has 0 unspecified atom stereocenters. The molecule has 0 bridgehead atoms. The number of rotatable bonds is 4. The molecule has 1 aromatic heterocycles. The Bertz CT molecular complexity index is 754. The van der Waals surface area contributed by atoms with Crippen LogP contribution in [0.25, 0.3) is 0 Å². The summed E-state index contributed by atoms with van der Waals surface area (Å²) in [6, 6.07) is 11.4. The van der Waals surface area contributed by atoms with Gasteiger partial charge in [-0.25, -0.2) is 8.42 Å². The predicted octanol–water partition coefficient (Wildman–Crippen LogP) is 3.47. The molecule has 2 heterocycles. The molecule has 0 aliphatic carbocycles. The fraction of sp³-hybridized carbons (Fsp3) is 0.375. The van der Waals surface area contributed by atoms with Gasteiger partial charge in [-0.3, -0.25) is 4.90 Å². The highest BCUT2D eigenvalue weighted by Gasteiger charge is 2.31. The average molecular weight is 371 g/mol. The summed E-state index contributed by atoms with van der Waals surface area (Å²) < 4.78 is 27.1. The monoisotopic (exact) mass is 370 g/mol. The lowest BCUT2D eigenvalue weighted by atomic mass is 10.1. The third-order valence-electron chi connectivity index (χ3n) is 4.27. The van der Waals surface area contributed by atoms with Crippen molar-refractivity contribution in [2.75, 3.05) is 26.2 Å². The Morgan fingerprint density at radius 2 is 1.78 bits per heavy atom. The van der Waals surface area contributed by atoms with E-state index in [-0.39, 0.29) is 6.04 Å². The van der Waals surface area contributed by atoms with Gasteiger partial charge in [-0.2, -0.15) is 4.31 Å². The van der Waals surface area contributed by atoms with Crippen molar-refractivity contribution in [3.05, 3.63) is 52.4 Å². The molecule has 124 valence electrons. The molecule has 1 fully saturated rings. The van der Waals surface area contributed by atoms with E-state index >= 15 is 0 Å². The molecule has 1 aliphatic heterocycles. The van der Waals surface area contributed by atoms with Crippen LogP contribution in [0.3, 0.4) is 0 Å². The van der Waals surface area contributed by atoms with E-state index in [0.29, 0.717) is 30.4 Å². The maximum absolute atomic E-state index is 12.5. The van der Waals surface area contributed by atoms with E-state index in [4.69, 9.17) is 11.6 Å². The first-order valence-corrected chi connectivity index (χ1v) is 10.2. The summed E-state index contributed by atoms with van der Waals surface area (Å²) in [6.07, 6.45) is 0. The summed E-state index contributed by atoms with van der Waals surface area (Å²) in [5, 5.41) is 2.55. The van der Waals surface area contributed by atoms with Gasteiger partial charge in [-0.15, -0.1) is 11.3 Å². The Morgan fingerprint density at radius 3 is 2.39 bits per heavy atom. The normalized spacial score (nSPS) is 18.9. The van der Waals surface area contributed by atoms with Gasteiger partial charge in [0, 0.05) is 37.2 Å². The lowest BCUT2D eigenvalue weighted by Crippen LogP contribution is -2.49. The third-order valence-corrected chi connectivity index (χ3v) is 7.88. The topological polar surface area (TPSA) is 40.6 Å². The molecule has 4 nitrogen and oxygen atoms in total. The van der Waals surface area contributed by atoms with E-state index in [9.17, 15) is 8.42 Å². The number of piperazine rings is 1. The first kappa shape index (κ1) is 16.9. The minimum absolute atomic E-state index is 0.176. The van der Waals surface area contributed by atoms with Crippen molar-refractivity contribution in [2.45, 2.75) is 17.2 Å². The molecular weight excluding hydrogens is 352 g/mol. The van der Waals surface area contributed by atoms with Gasteiger partial charge >= 0.3 is 0 Å². The van der Waals surface area contributed by atoms with Gasteiger partial charge in [-0.1, -0.05) is 35.9 Å². The van der Waals surface area contributed by atoms with Crippen LogP contribution in [0.1, 0.15) is 18.5 Å². The largest absolute Gasteiger partial charge is 0.294 e. The van der Waals surface area contributed by atoms with Crippen molar-refractivity contribution in [3.63, 3.8) is 0 Å². The molecule has 23 heavy (non-hydrogen) atoms. The van der Waals surface area contributed by atoms with E-state index in [2.05, 4.69) is 11.8 Å². The molecule has 0 radical (unpaired) electrons. The van der Waals surface area contributed by atoms with Crippen LogP contribution < -0.4 is 0 Å². The minimum Gasteiger partial charge on any atom is -0.294 e. The van der Waals surface area contributed by atoms with Crippen molar-refractivity contribution in [1.82, 2.24) is 9.21 Å². The molecule has 7 heteroatoms. The minimum atomic E-state index is -3.34. The third kappa shape index (κ3) is 3.46. The Hall–Kier alpha value is -0.920. The second-order valence-electron chi connectivity index (χ2n) is 5.57. The standard InChI is InChI=1S/C16H19ClN2O2S2/c1-13(14-5-2-3-6-15(14)17)18-8-10-19(11-9-18)23(20,21)16-7-4-12-22-16/h2-7,12-13H,8-11H2,1H3/t13-/m0/s1. The highest BCUT2D eigenvalue weighted by molar-refractivity contribution is 7.91. The van der Waals surface area contributed by atoms with Gasteiger partial charge in [0.2, 0.25) is 0 Å².